The van der Waals surface area contributed by atoms with Gasteiger partial charge in [-0.1, -0.05) is 48.0 Å². The number of hydrogen-bond donors (Lipinski definition) is 2. The Morgan fingerprint density at radius 3 is 2.37 bits per heavy atom. The smallest absolute Gasteiger partial charge is 0.336 e. The summed E-state index contributed by atoms with van der Waals surface area (Å²) in [6.07, 6.45) is 1.56. The van der Waals surface area contributed by atoms with E-state index in [9.17, 15) is 15.0 Å². The minimum Gasteiger partial charge on any atom is -0.506 e. The van der Waals surface area contributed by atoms with E-state index in [1.54, 1.807) is 6.08 Å². The third-order valence-electron chi connectivity index (χ3n) is 2.60. The molecule has 0 aliphatic rings. The van der Waals surface area contributed by atoms with Crippen molar-refractivity contribution in [3.05, 3.63) is 64.7 Å². The van der Waals surface area contributed by atoms with Crippen molar-refractivity contribution < 1.29 is 15.0 Å². The summed E-state index contributed by atoms with van der Waals surface area (Å²) in [5, 5.41) is 18.8. The molecule has 2 aromatic carbocycles. The van der Waals surface area contributed by atoms with Gasteiger partial charge in [-0.05, 0) is 29.3 Å². The van der Waals surface area contributed by atoms with E-state index in [2.05, 4.69) is 0 Å². The minimum absolute atomic E-state index is 0.0742. The number of carboxylic acid groups (broad SMARTS) is 1. The molecule has 4 heteroatoms. The summed E-state index contributed by atoms with van der Waals surface area (Å²) in [5.41, 5.74) is 1.34. The van der Waals surface area contributed by atoms with Gasteiger partial charge >= 0.3 is 5.97 Å². The summed E-state index contributed by atoms with van der Waals surface area (Å²) in [7, 11) is 0. The van der Waals surface area contributed by atoms with Crippen LogP contribution >= 0.6 is 11.6 Å². The van der Waals surface area contributed by atoms with Gasteiger partial charge in [-0.2, -0.15) is 0 Å². The number of phenolic OH excluding ortho intramolecular Hbond substituents is 1. The molecule has 2 rings (SSSR count). The Hall–Kier alpha value is -2.26. The van der Waals surface area contributed by atoms with Gasteiger partial charge in [-0.25, -0.2) is 4.79 Å². The lowest BCUT2D eigenvalue weighted by Crippen LogP contribution is -1.99. The van der Waals surface area contributed by atoms with Crippen LogP contribution in [0.15, 0.2) is 48.5 Å². The van der Waals surface area contributed by atoms with Crippen LogP contribution < -0.4 is 0 Å². The van der Waals surface area contributed by atoms with Crippen molar-refractivity contribution in [2.75, 3.05) is 0 Å². The number of aliphatic carboxylic acids is 1. The summed E-state index contributed by atoms with van der Waals surface area (Å²) < 4.78 is 0. The standard InChI is InChI=1S/C15H11ClO3/c16-13-9-11(6-7-14(13)17)12(15(18)19)8-10-4-2-1-3-5-10/h1-9,17H,(H,18,19). The van der Waals surface area contributed by atoms with Crippen molar-refractivity contribution in [3.8, 4) is 5.75 Å². The minimum atomic E-state index is -1.05. The molecule has 0 aliphatic heterocycles. The Kier molecular flexibility index (Phi) is 3.88. The van der Waals surface area contributed by atoms with Gasteiger partial charge in [-0.15, -0.1) is 0 Å². The lowest BCUT2D eigenvalue weighted by Gasteiger charge is -2.05. The van der Waals surface area contributed by atoms with Gasteiger partial charge in [0.1, 0.15) is 5.75 Å². The lowest BCUT2D eigenvalue weighted by molar-refractivity contribution is -0.130. The van der Waals surface area contributed by atoms with Gasteiger partial charge < -0.3 is 10.2 Å². The SMILES string of the molecule is O=C(O)C(=Cc1ccccc1)c1ccc(O)c(Cl)c1. The van der Waals surface area contributed by atoms with Crippen LogP contribution in [0.3, 0.4) is 0 Å². The number of phenols is 1. The predicted molar refractivity (Wildman–Crippen MR) is 75.1 cm³/mol. The maximum atomic E-state index is 11.3. The highest BCUT2D eigenvalue weighted by Crippen LogP contribution is 2.28. The molecule has 0 saturated heterocycles. The molecular formula is C15H11ClO3. The monoisotopic (exact) mass is 274 g/mol. The van der Waals surface area contributed by atoms with Gasteiger partial charge in [0, 0.05) is 0 Å². The summed E-state index contributed by atoms with van der Waals surface area (Å²) in [6.45, 7) is 0. The molecule has 0 unspecified atom stereocenters. The van der Waals surface area contributed by atoms with Gasteiger partial charge in [0.2, 0.25) is 0 Å². The van der Waals surface area contributed by atoms with E-state index < -0.39 is 5.97 Å². The van der Waals surface area contributed by atoms with Crippen molar-refractivity contribution in [2.45, 2.75) is 0 Å². The summed E-state index contributed by atoms with van der Waals surface area (Å²) in [5.74, 6) is -1.12. The molecule has 0 amide bonds. The molecule has 0 saturated carbocycles. The highest BCUT2D eigenvalue weighted by atomic mass is 35.5. The summed E-state index contributed by atoms with van der Waals surface area (Å²) in [6, 6.07) is 13.5. The summed E-state index contributed by atoms with van der Waals surface area (Å²) >= 11 is 5.80. The fourth-order valence-corrected chi connectivity index (χ4v) is 1.84. The molecule has 0 atom stereocenters. The second kappa shape index (κ2) is 5.59. The highest BCUT2D eigenvalue weighted by Gasteiger charge is 2.12. The topological polar surface area (TPSA) is 57.5 Å². The number of halogens is 1. The molecule has 96 valence electrons. The number of carbonyl (C=O) groups is 1. The first-order valence-electron chi connectivity index (χ1n) is 5.57. The Bertz CT molecular complexity index is 633. The molecule has 0 radical (unpaired) electrons. The van der Waals surface area contributed by atoms with Crippen molar-refractivity contribution in [1.82, 2.24) is 0 Å². The molecule has 19 heavy (non-hydrogen) atoms. The number of benzene rings is 2. The normalized spacial score (nSPS) is 11.3. The van der Waals surface area contributed by atoms with Gasteiger partial charge in [0.25, 0.3) is 0 Å². The Balaban J connectivity index is 2.49. The maximum absolute atomic E-state index is 11.3. The van der Waals surface area contributed by atoms with Crippen LogP contribution in [-0.4, -0.2) is 16.2 Å². The molecule has 0 aromatic heterocycles. The molecule has 0 bridgehead atoms. The third kappa shape index (κ3) is 3.14. The Labute approximate surface area is 115 Å². The van der Waals surface area contributed by atoms with Crippen molar-refractivity contribution in [1.29, 1.82) is 0 Å². The van der Waals surface area contributed by atoms with Crippen LogP contribution in [-0.2, 0) is 4.79 Å². The largest absolute Gasteiger partial charge is 0.506 e. The van der Waals surface area contributed by atoms with Gasteiger partial charge in [0.15, 0.2) is 0 Å². The van der Waals surface area contributed by atoms with Crippen molar-refractivity contribution in [3.63, 3.8) is 0 Å². The number of rotatable bonds is 3. The molecule has 0 spiro atoms. The second-order valence-corrected chi connectivity index (χ2v) is 4.35. The quantitative estimate of drug-likeness (QED) is 0.663. The van der Waals surface area contributed by atoms with E-state index in [1.807, 2.05) is 30.3 Å². The first kappa shape index (κ1) is 13.2. The van der Waals surface area contributed by atoms with Crippen LogP contribution in [0.4, 0.5) is 0 Å². The molecule has 0 aliphatic carbocycles. The first-order chi connectivity index (χ1) is 9.08. The van der Waals surface area contributed by atoms with Crippen LogP contribution in [0.2, 0.25) is 5.02 Å². The maximum Gasteiger partial charge on any atom is 0.336 e. The molecule has 2 N–H and O–H groups in total. The number of aromatic hydroxyl groups is 1. The van der Waals surface area contributed by atoms with E-state index in [-0.39, 0.29) is 16.3 Å². The lowest BCUT2D eigenvalue weighted by atomic mass is 10.0. The third-order valence-corrected chi connectivity index (χ3v) is 2.90. The van der Waals surface area contributed by atoms with Crippen molar-refractivity contribution >= 4 is 29.2 Å². The van der Waals surface area contributed by atoms with Gasteiger partial charge in [0.05, 0.1) is 10.6 Å². The van der Waals surface area contributed by atoms with E-state index in [1.165, 1.54) is 18.2 Å². The second-order valence-electron chi connectivity index (χ2n) is 3.94. The van der Waals surface area contributed by atoms with Crippen LogP contribution in [0, 0.1) is 0 Å². The Morgan fingerprint density at radius 2 is 1.79 bits per heavy atom. The molecular weight excluding hydrogens is 264 g/mol. The Morgan fingerprint density at radius 1 is 1.11 bits per heavy atom. The van der Waals surface area contributed by atoms with Crippen LogP contribution in [0.25, 0.3) is 11.6 Å². The number of hydrogen-bond acceptors (Lipinski definition) is 2. The molecule has 0 fully saturated rings. The fourth-order valence-electron chi connectivity index (χ4n) is 1.66. The molecule has 3 nitrogen and oxygen atoms in total. The van der Waals surface area contributed by atoms with E-state index in [4.69, 9.17) is 11.6 Å². The van der Waals surface area contributed by atoms with E-state index in [0.29, 0.717) is 5.56 Å². The van der Waals surface area contributed by atoms with Gasteiger partial charge in [-0.3, -0.25) is 0 Å². The zero-order valence-electron chi connectivity index (χ0n) is 9.88. The average Bonchev–Trinajstić information content (AvgIpc) is 2.40. The summed E-state index contributed by atoms with van der Waals surface area (Å²) in [4.78, 5) is 11.3. The number of carboxylic acids is 1. The first-order valence-corrected chi connectivity index (χ1v) is 5.94. The zero-order chi connectivity index (χ0) is 13.8. The van der Waals surface area contributed by atoms with Crippen molar-refractivity contribution in [2.24, 2.45) is 0 Å². The zero-order valence-corrected chi connectivity index (χ0v) is 10.6. The van der Waals surface area contributed by atoms with E-state index >= 15 is 0 Å². The van der Waals surface area contributed by atoms with Crippen LogP contribution in [0.1, 0.15) is 11.1 Å². The average molecular weight is 275 g/mol. The van der Waals surface area contributed by atoms with Crippen LogP contribution in [0.5, 0.6) is 5.75 Å². The molecule has 2 aromatic rings. The predicted octanol–water partition coefficient (Wildman–Crippen LogP) is 3.67. The highest BCUT2D eigenvalue weighted by molar-refractivity contribution is 6.32. The fraction of sp³-hybridized carbons (Fsp3) is 0. The molecule has 0 heterocycles. The van der Waals surface area contributed by atoms with E-state index in [0.717, 1.165) is 5.56 Å².